The van der Waals surface area contributed by atoms with E-state index in [4.69, 9.17) is 0 Å². The second-order valence-corrected chi connectivity index (χ2v) is 7.14. The van der Waals surface area contributed by atoms with Crippen LogP contribution in [0.5, 0.6) is 0 Å². The van der Waals surface area contributed by atoms with Crippen LogP contribution in [-0.4, -0.2) is 48.8 Å². The molecule has 3 rings (SSSR count). The van der Waals surface area contributed by atoms with Crippen LogP contribution in [0.3, 0.4) is 0 Å². The lowest BCUT2D eigenvalue weighted by Crippen LogP contribution is -2.51. The minimum absolute atomic E-state index is 0.295. The van der Waals surface area contributed by atoms with E-state index >= 15 is 0 Å². The second-order valence-electron chi connectivity index (χ2n) is 7.14. The number of piperidine rings is 1. The summed E-state index contributed by atoms with van der Waals surface area (Å²) in [7, 11) is 0. The van der Waals surface area contributed by atoms with Crippen LogP contribution in [0.15, 0.2) is 24.7 Å². The van der Waals surface area contributed by atoms with Crippen molar-refractivity contribution in [1.82, 2.24) is 24.6 Å². The molecular weight excluding hydrogens is 318 g/mol. The van der Waals surface area contributed by atoms with Gasteiger partial charge in [-0.05, 0) is 31.4 Å². The maximum atomic E-state index is 12.0. The van der Waals surface area contributed by atoms with Gasteiger partial charge in [-0.2, -0.15) is 5.10 Å². The quantitative estimate of drug-likeness (QED) is 0.896. The zero-order valence-corrected chi connectivity index (χ0v) is 15.0. The molecule has 0 unspecified atom stereocenters. The van der Waals surface area contributed by atoms with Crippen molar-refractivity contribution in [1.29, 1.82) is 0 Å². The first-order valence-corrected chi connectivity index (χ1v) is 8.70. The molecule has 1 aliphatic heterocycles. The summed E-state index contributed by atoms with van der Waals surface area (Å²) in [5.41, 5.74) is 1.02. The van der Waals surface area contributed by atoms with Crippen LogP contribution in [0.2, 0.25) is 0 Å². The van der Waals surface area contributed by atoms with Gasteiger partial charge in [-0.25, -0.2) is 14.8 Å². The fraction of sp³-hybridized carbons (Fsp3) is 0.556. The van der Waals surface area contributed by atoms with Gasteiger partial charge in [0.15, 0.2) is 5.54 Å². The number of carbonyl (C=O) groups is 1. The minimum atomic E-state index is -0.945. The highest BCUT2D eigenvalue weighted by Crippen LogP contribution is 2.31. The zero-order valence-electron chi connectivity index (χ0n) is 15.0. The first kappa shape index (κ1) is 17.5. The lowest BCUT2D eigenvalue weighted by Gasteiger charge is -2.38. The molecular formula is C18H25N5O2. The Kier molecular flexibility index (Phi) is 4.85. The van der Waals surface area contributed by atoms with Crippen LogP contribution in [-0.2, 0) is 16.9 Å². The molecule has 1 N–H and O–H groups in total. The van der Waals surface area contributed by atoms with E-state index < -0.39 is 11.5 Å². The number of carboxylic acids is 1. The Bertz CT molecular complexity index is 747. The fourth-order valence-electron chi connectivity index (χ4n) is 3.28. The van der Waals surface area contributed by atoms with Crippen molar-refractivity contribution in [3.63, 3.8) is 0 Å². The average Bonchev–Trinajstić information content (AvgIpc) is 3.02. The number of hydrogen-bond acceptors (Lipinski definition) is 5. The molecule has 0 radical (unpaired) electrons. The van der Waals surface area contributed by atoms with Crippen LogP contribution in [0.1, 0.15) is 49.7 Å². The van der Waals surface area contributed by atoms with Crippen LogP contribution in [0.4, 0.5) is 0 Å². The van der Waals surface area contributed by atoms with Crippen LogP contribution in [0.25, 0.3) is 0 Å². The van der Waals surface area contributed by atoms with E-state index in [1.165, 1.54) is 0 Å². The van der Waals surface area contributed by atoms with Crippen molar-refractivity contribution >= 4 is 5.97 Å². The zero-order chi connectivity index (χ0) is 18.0. The number of likely N-dealkylation sites (tertiary alicyclic amines) is 1. The van der Waals surface area contributed by atoms with Crippen LogP contribution >= 0.6 is 0 Å². The van der Waals surface area contributed by atoms with Crippen molar-refractivity contribution < 1.29 is 9.90 Å². The highest BCUT2D eigenvalue weighted by Gasteiger charge is 2.44. The third kappa shape index (κ3) is 3.56. The largest absolute Gasteiger partial charge is 0.479 e. The fourth-order valence-corrected chi connectivity index (χ4v) is 3.28. The van der Waals surface area contributed by atoms with E-state index in [1.54, 1.807) is 17.1 Å². The molecule has 0 aromatic carbocycles. The minimum Gasteiger partial charge on any atom is -0.479 e. The SMILES string of the molecule is Cc1cnn(C2(C(=O)O)CCN(Cc3ccnc(C(C)C)n3)CC2)c1. The summed E-state index contributed by atoms with van der Waals surface area (Å²) in [6, 6.07) is 1.93. The Balaban J connectivity index is 1.70. The predicted molar refractivity (Wildman–Crippen MR) is 93.2 cm³/mol. The number of hydrogen-bond donors (Lipinski definition) is 1. The summed E-state index contributed by atoms with van der Waals surface area (Å²) < 4.78 is 1.63. The van der Waals surface area contributed by atoms with Gasteiger partial charge in [0.05, 0.1) is 11.9 Å². The van der Waals surface area contributed by atoms with Crippen LogP contribution < -0.4 is 0 Å². The van der Waals surface area contributed by atoms with Crippen LogP contribution in [0, 0.1) is 6.92 Å². The molecule has 0 spiro atoms. The lowest BCUT2D eigenvalue weighted by atomic mass is 9.87. The Labute approximate surface area is 147 Å². The topological polar surface area (TPSA) is 84.1 Å². The number of aryl methyl sites for hydroxylation is 1. The molecule has 7 heteroatoms. The monoisotopic (exact) mass is 343 g/mol. The van der Waals surface area contributed by atoms with Crippen molar-refractivity contribution in [2.45, 2.75) is 51.6 Å². The molecule has 1 aliphatic rings. The van der Waals surface area contributed by atoms with Gasteiger partial charge in [0.2, 0.25) is 0 Å². The molecule has 0 amide bonds. The second kappa shape index (κ2) is 6.92. The molecule has 7 nitrogen and oxygen atoms in total. The van der Waals surface area contributed by atoms with Gasteiger partial charge in [-0.1, -0.05) is 13.8 Å². The molecule has 134 valence electrons. The molecule has 3 heterocycles. The molecule has 2 aromatic rings. The summed E-state index contributed by atoms with van der Waals surface area (Å²) >= 11 is 0. The molecule has 0 bridgehead atoms. The van der Waals surface area contributed by atoms with E-state index in [1.807, 2.05) is 19.2 Å². The summed E-state index contributed by atoms with van der Waals surface area (Å²) in [6.45, 7) is 8.20. The van der Waals surface area contributed by atoms with Crippen molar-refractivity contribution in [3.05, 3.63) is 41.7 Å². The van der Waals surface area contributed by atoms with Gasteiger partial charge >= 0.3 is 5.97 Å². The van der Waals surface area contributed by atoms with Gasteiger partial charge in [0, 0.05) is 37.9 Å². The van der Waals surface area contributed by atoms with E-state index in [2.05, 4.69) is 33.8 Å². The third-order valence-corrected chi connectivity index (χ3v) is 4.87. The van der Waals surface area contributed by atoms with Crippen molar-refractivity contribution in [2.24, 2.45) is 0 Å². The molecule has 0 saturated carbocycles. The molecule has 1 saturated heterocycles. The Morgan fingerprint density at radius 2 is 2.08 bits per heavy atom. The molecule has 2 aromatic heterocycles. The van der Waals surface area contributed by atoms with Gasteiger partial charge in [0.1, 0.15) is 5.82 Å². The molecule has 25 heavy (non-hydrogen) atoms. The standard InChI is InChI=1S/C18H25N5O2/c1-13(2)16-19-7-4-15(21-16)12-22-8-5-18(6-9-22,17(24)25)23-11-14(3)10-20-23/h4,7,10-11,13H,5-6,8-9,12H2,1-3H3,(H,24,25). The third-order valence-electron chi connectivity index (χ3n) is 4.87. The number of aliphatic carboxylic acids is 1. The smallest absolute Gasteiger partial charge is 0.331 e. The van der Waals surface area contributed by atoms with Gasteiger partial charge in [0.25, 0.3) is 0 Å². The van der Waals surface area contributed by atoms with Gasteiger partial charge in [-0.15, -0.1) is 0 Å². The predicted octanol–water partition coefficient (Wildman–Crippen LogP) is 2.18. The highest BCUT2D eigenvalue weighted by molar-refractivity contribution is 5.76. The van der Waals surface area contributed by atoms with Gasteiger partial charge in [-0.3, -0.25) is 9.58 Å². The number of aromatic nitrogens is 4. The summed E-state index contributed by atoms with van der Waals surface area (Å²) in [4.78, 5) is 23.1. The Morgan fingerprint density at radius 3 is 2.64 bits per heavy atom. The Morgan fingerprint density at radius 1 is 1.36 bits per heavy atom. The first-order chi connectivity index (χ1) is 11.9. The maximum Gasteiger partial charge on any atom is 0.331 e. The first-order valence-electron chi connectivity index (χ1n) is 8.70. The normalized spacial score (nSPS) is 17.8. The van der Waals surface area contributed by atoms with Crippen molar-refractivity contribution in [3.8, 4) is 0 Å². The average molecular weight is 343 g/mol. The summed E-state index contributed by atoms with van der Waals surface area (Å²) in [6.07, 6.45) is 6.40. The summed E-state index contributed by atoms with van der Waals surface area (Å²) in [5, 5.41) is 14.1. The maximum absolute atomic E-state index is 12.0. The van der Waals surface area contributed by atoms with E-state index in [9.17, 15) is 9.90 Å². The Hall–Kier alpha value is -2.28. The molecule has 0 aliphatic carbocycles. The number of nitrogens with zero attached hydrogens (tertiary/aromatic N) is 5. The number of rotatable bonds is 5. The van der Waals surface area contributed by atoms with E-state index in [0.29, 0.717) is 31.8 Å². The van der Waals surface area contributed by atoms with E-state index in [0.717, 1.165) is 23.6 Å². The highest BCUT2D eigenvalue weighted by atomic mass is 16.4. The van der Waals surface area contributed by atoms with Crippen molar-refractivity contribution in [2.75, 3.05) is 13.1 Å². The van der Waals surface area contributed by atoms with Gasteiger partial charge < -0.3 is 5.11 Å². The molecule has 1 fully saturated rings. The lowest BCUT2D eigenvalue weighted by molar-refractivity contribution is -0.151. The summed E-state index contributed by atoms with van der Waals surface area (Å²) in [5.74, 6) is 0.338. The molecule has 0 atom stereocenters. The number of carboxylic acid groups (broad SMARTS) is 1. The van der Waals surface area contributed by atoms with E-state index in [-0.39, 0.29) is 0 Å².